The Morgan fingerprint density at radius 2 is 1.77 bits per heavy atom. The highest BCUT2D eigenvalue weighted by molar-refractivity contribution is 6.30. The van der Waals surface area contributed by atoms with E-state index in [1.807, 2.05) is 53.1 Å². The number of nitrogens with one attached hydrogen (secondary N) is 1. The van der Waals surface area contributed by atoms with E-state index in [4.69, 9.17) is 26.1 Å². The third kappa shape index (κ3) is 3.57. The molecule has 30 heavy (non-hydrogen) atoms. The Kier molecular flexibility index (Phi) is 4.77. The zero-order chi connectivity index (χ0) is 20.5. The molecule has 3 aromatic carbocycles. The topological polar surface area (TPSA) is 65.4 Å². The summed E-state index contributed by atoms with van der Waals surface area (Å²) in [5.41, 5.74) is 3.26. The average Bonchev–Trinajstić information content (AvgIpc) is 3.12. The van der Waals surface area contributed by atoms with Crippen LogP contribution in [0.3, 0.4) is 0 Å². The summed E-state index contributed by atoms with van der Waals surface area (Å²) in [7, 11) is 0. The molecule has 0 aliphatic carbocycles. The molecule has 2 heterocycles. The van der Waals surface area contributed by atoms with Gasteiger partial charge in [-0.2, -0.15) is 0 Å². The van der Waals surface area contributed by atoms with Crippen LogP contribution in [0.5, 0.6) is 11.5 Å². The summed E-state index contributed by atoms with van der Waals surface area (Å²) in [5.74, 6) is 1.87. The largest absolute Gasteiger partial charge is 0.486 e. The maximum absolute atomic E-state index is 12.9. The average molecular weight is 420 g/mol. The minimum atomic E-state index is -0.162. The lowest BCUT2D eigenvalue weighted by atomic mass is 10.2. The first-order valence-corrected chi connectivity index (χ1v) is 9.96. The van der Waals surface area contributed by atoms with E-state index in [9.17, 15) is 4.79 Å². The number of carbonyl (C=O) groups excluding carboxylic acids is 1. The highest BCUT2D eigenvalue weighted by atomic mass is 35.5. The summed E-state index contributed by atoms with van der Waals surface area (Å²) in [5, 5.41) is 3.59. The van der Waals surface area contributed by atoms with Crippen molar-refractivity contribution in [1.82, 2.24) is 9.55 Å². The molecule has 0 bridgehead atoms. The summed E-state index contributed by atoms with van der Waals surface area (Å²) in [6, 6.07) is 20.6. The first kappa shape index (κ1) is 18.5. The van der Waals surface area contributed by atoms with Gasteiger partial charge in [-0.25, -0.2) is 4.98 Å². The van der Waals surface area contributed by atoms with Gasteiger partial charge in [-0.1, -0.05) is 23.7 Å². The fourth-order valence-corrected chi connectivity index (χ4v) is 3.65. The Morgan fingerprint density at radius 1 is 1.00 bits per heavy atom. The minimum Gasteiger partial charge on any atom is -0.486 e. The lowest BCUT2D eigenvalue weighted by Gasteiger charge is -2.19. The number of halogens is 1. The van der Waals surface area contributed by atoms with Crippen molar-refractivity contribution in [3.05, 3.63) is 71.8 Å². The number of rotatable bonds is 4. The fourth-order valence-electron chi connectivity index (χ4n) is 3.52. The van der Waals surface area contributed by atoms with Crippen molar-refractivity contribution in [2.45, 2.75) is 6.54 Å². The molecule has 1 N–H and O–H groups in total. The van der Waals surface area contributed by atoms with Crippen LogP contribution in [0, 0.1) is 0 Å². The first-order valence-electron chi connectivity index (χ1n) is 9.58. The monoisotopic (exact) mass is 419 g/mol. The first-order chi connectivity index (χ1) is 14.7. The molecule has 1 aliphatic heterocycles. The van der Waals surface area contributed by atoms with Gasteiger partial charge < -0.3 is 19.4 Å². The van der Waals surface area contributed by atoms with E-state index in [0.717, 1.165) is 16.6 Å². The summed E-state index contributed by atoms with van der Waals surface area (Å²) in [4.78, 5) is 17.6. The van der Waals surface area contributed by atoms with Crippen LogP contribution in [0.4, 0.5) is 5.69 Å². The molecule has 4 aromatic rings. The number of hydrogen-bond donors (Lipinski definition) is 1. The molecule has 7 heteroatoms. The van der Waals surface area contributed by atoms with Crippen molar-refractivity contribution >= 4 is 34.2 Å². The van der Waals surface area contributed by atoms with Crippen LogP contribution in [-0.4, -0.2) is 28.7 Å². The van der Waals surface area contributed by atoms with Crippen molar-refractivity contribution in [2.75, 3.05) is 18.5 Å². The Morgan fingerprint density at radius 3 is 2.60 bits per heavy atom. The van der Waals surface area contributed by atoms with Crippen LogP contribution < -0.4 is 14.8 Å². The highest BCUT2D eigenvalue weighted by Crippen LogP contribution is 2.33. The molecule has 1 aromatic heterocycles. The van der Waals surface area contributed by atoms with Gasteiger partial charge in [0, 0.05) is 22.3 Å². The molecular formula is C23H18ClN3O3. The molecular weight excluding hydrogens is 402 g/mol. The number of carbonyl (C=O) groups is 1. The van der Waals surface area contributed by atoms with Gasteiger partial charge in [-0.05, 0) is 48.5 Å². The standard InChI is InChI=1S/C23H18ClN3O3/c24-16-7-5-15(6-8-16)23-26-18-3-1-2-4-19(18)27(23)14-22(28)25-17-9-10-20-21(13-17)30-12-11-29-20/h1-10,13H,11-12,14H2,(H,25,28). The second-order valence-electron chi connectivity index (χ2n) is 6.92. The van der Waals surface area contributed by atoms with Gasteiger partial charge in [-0.15, -0.1) is 0 Å². The Labute approximate surface area is 178 Å². The molecule has 6 nitrogen and oxygen atoms in total. The number of anilines is 1. The Bertz CT molecular complexity index is 1230. The number of para-hydroxylation sites is 2. The molecule has 0 spiro atoms. The predicted molar refractivity (Wildman–Crippen MR) is 116 cm³/mol. The summed E-state index contributed by atoms with van der Waals surface area (Å²) < 4.78 is 13.0. The molecule has 0 saturated heterocycles. The van der Waals surface area contributed by atoms with E-state index in [-0.39, 0.29) is 12.5 Å². The van der Waals surface area contributed by atoms with Gasteiger partial charge in [0.1, 0.15) is 25.6 Å². The third-order valence-electron chi connectivity index (χ3n) is 4.88. The van der Waals surface area contributed by atoms with Crippen LogP contribution in [0.15, 0.2) is 66.7 Å². The number of aromatic nitrogens is 2. The second-order valence-corrected chi connectivity index (χ2v) is 7.36. The van der Waals surface area contributed by atoms with E-state index in [1.54, 1.807) is 18.2 Å². The van der Waals surface area contributed by atoms with E-state index in [2.05, 4.69) is 5.32 Å². The zero-order valence-corrected chi connectivity index (χ0v) is 16.7. The SMILES string of the molecule is O=C(Cn1c(-c2ccc(Cl)cc2)nc2ccccc21)Nc1ccc2c(c1)OCCO2. The lowest BCUT2D eigenvalue weighted by Crippen LogP contribution is -2.20. The van der Waals surface area contributed by atoms with Crippen molar-refractivity contribution in [1.29, 1.82) is 0 Å². The van der Waals surface area contributed by atoms with Gasteiger partial charge in [0.15, 0.2) is 11.5 Å². The van der Waals surface area contributed by atoms with E-state index < -0.39 is 0 Å². The molecule has 0 fully saturated rings. The van der Waals surface area contributed by atoms with Crippen molar-refractivity contribution in [2.24, 2.45) is 0 Å². The molecule has 0 atom stereocenters. The van der Waals surface area contributed by atoms with Crippen LogP contribution in [0.1, 0.15) is 0 Å². The third-order valence-corrected chi connectivity index (χ3v) is 5.14. The highest BCUT2D eigenvalue weighted by Gasteiger charge is 2.17. The van der Waals surface area contributed by atoms with E-state index in [0.29, 0.717) is 41.2 Å². The molecule has 0 radical (unpaired) electrons. The van der Waals surface area contributed by atoms with Gasteiger partial charge in [0.25, 0.3) is 0 Å². The van der Waals surface area contributed by atoms with Gasteiger partial charge >= 0.3 is 0 Å². The second kappa shape index (κ2) is 7.72. The fraction of sp³-hybridized carbons (Fsp3) is 0.130. The summed E-state index contributed by atoms with van der Waals surface area (Å²) in [6.07, 6.45) is 0. The molecule has 1 aliphatic rings. The lowest BCUT2D eigenvalue weighted by molar-refractivity contribution is -0.116. The van der Waals surface area contributed by atoms with E-state index in [1.165, 1.54) is 0 Å². The number of ether oxygens (including phenoxy) is 2. The van der Waals surface area contributed by atoms with Crippen LogP contribution in [0.2, 0.25) is 5.02 Å². The van der Waals surface area contributed by atoms with Crippen molar-refractivity contribution in [3.63, 3.8) is 0 Å². The van der Waals surface area contributed by atoms with E-state index >= 15 is 0 Å². The molecule has 5 rings (SSSR count). The van der Waals surface area contributed by atoms with Gasteiger partial charge in [0.2, 0.25) is 5.91 Å². The minimum absolute atomic E-state index is 0.118. The van der Waals surface area contributed by atoms with Crippen molar-refractivity contribution in [3.8, 4) is 22.9 Å². The number of amides is 1. The summed E-state index contributed by atoms with van der Waals surface area (Å²) in [6.45, 7) is 1.14. The van der Waals surface area contributed by atoms with Gasteiger partial charge in [0.05, 0.1) is 11.0 Å². The quantitative estimate of drug-likeness (QED) is 0.517. The van der Waals surface area contributed by atoms with Crippen molar-refractivity contribution < 1.29 is 14.3 Å². The Balaban J connectivity index is 1.45. The van der Waals surface area contributed by atoms with Crippen LogP contribution >= 0.6 is 11.6 Å². The predicted octanol–water partition coefficient (Wildman–Crippen LogP) is 4.77. The Hall–Kier alpha value is -3.51. The maximum atomic E-state index is 12.9. The number of nitrogens with zero attached hydrogens (tertiary/aromatic N) is 2. The number of hydrogen-bond acceptors (Lipinski definition) is 4. The van der Waals surface area contributed by atoms with Crippen LogP contribution in [0.25, 0.3) is 22.4 Å². The van der Waals surface area contributed by atoms with Crippen LogP contribution in [-0.2, 0) is 11.3 Å². The molecule has 150 valence electrons. The molecule has 1 amide bonds. The molecule has 0 unspecified atom stereocenters. The summed E-state index contributed by atoms with van der Waals surface area (Å²) >= 11 is 6.03. The number of benzene rings is 3. The number of fused-ring (bicyclic) bond motifs is 2. The zero-order valence-electron chi connectivity index (χ0n) is 16.0. The molecule has 0 saturated carbocycles. The number of imidazole rings is 1. The smallest absolute Gasteiger partial charge is 0.244 e. The van der Waals surface area contributed by atoms with Gasteiger partial charge in [-0.3, -0.25) is 4.79 Å². The normalized spacial score (nSPS) is 12.7. The maximum Gasteiger partial charge on any atom is 0.244 e.